The summed E-state index contributed by atoms with van der Waals surface area (Å²) in [5, 5.41) is 0. The van der Waals surface area contributed by atoms with E-state index in [4.69, 9.17) is 4.74 Å². The molecule has 0 fully saturated rings. The molecule has 0 radical (unpaired) electrons. The third-order valence-corrected chi connectivity index (χ3v) is 5.67. The Labute approximate surface area is 182 Å². The molecule has 166 valence electrons. The van der Waals surface area contributed by atoms with Crippen LogP contribution in [0.4, 0.5) is 4.39 Å². The number of nitrogens with zero attached hydrogens (tertiary/aromatic N) is 2. The first-order chi connectivity index (χ1) is 14.6. The van der Waals surface area contributed by atoms with Gasteiger partial charge in [0.1, 0.15) is 18.5 Å². The summed E-state index contributed by atoms with van der Waals surface area (Å²) in [5.74, 6) is 1.78. The van der Waals surface area contributed by atoms with Crippen molar-refractivity contribution < 1.29 is 9.13 Å². The molecule has 30 heavy (non-hydrogen) atoms. The van der Waals surface area contributed by atoms with Crippen molar-refractivity contribution in [2.75, 3.05) is 6.61 Å². The molecule has 0 aliphatic rings. The van der Waals surface area contributed by atoms with Gasteiger partial charge in [-0.15, -0.1) is 0 Å². The van der Waals surface area contributed by atoms with Crippen molar-refractivity contribution in [1.82, 2.24) is 9.97 Å². The van der Waals surface area contributed by atoms with E-state index < -0.39 is 6.17 Å². The second-order valence-electron chi connectivity index (χ2n) is 8.47. The lowest BCUT2D eigenvalue weighted by atomic mass is 10.0. The number of rotatable bonds is 15. The van der Waals surface area contributed by atoms with Crippen LogP contribution in [0.5, 0.6) is 5.75 Å². The normalized spacial score (nSPS) is 13.2. The Morgan fingerprint density at radius 1 is 0.900 bits per heavy atom. The number of hydrogen-bond donors (Lipinski definition) is 0. The third-order valence-electron chi connectivity index (χ3n) is 5.67. The van der Waals surface area contributed by atoms with Crippen molar-refractivity contribution in [2.24, 2.45) is 5.92 Å². The summed E-state index contributed by atoms with van der Waals surface area (Å²) in [7, 11) is 0. The minimum absolute atomic E-state index is 0.105. The zero-order valence-electron chi connectivity index (χ0n) is 19.1. The van der Waals surface area contributed by atoms with Gasteiger partial charge in [0.2, 0.25) is 0 Å². The van der Waals surface area contributed by atoms with E-state index in [0.29, 0.717) is 23.9 Å². The molecule has 2 atom stereocenters. The second kappa shape index (κ2) is 14.1. The van der Waals surface area contributed by atoms with Gasteiger partial charge in [-0.3, -0.25) is 0 Å². The highest BCUT2D eigenvalue weighted by Gasteiger charge is 2.12. The zero-order chi connectivity index (χ0) is 21.6. The van der Waals surface area contributed by atoms with Crippen molar-refractivity contribution in [3.8, 4) is 17.1 Å². The number of ether oxygens (including phenoxy) is 1. The molecule has 0 amide bonds. The van der Waals surface area contributed by atoms with Crippen molar-refractivity contribution >= 4 is 0 Å². The van der Waals surface area contributed by atoms with Gasteiger partial charge in [-0.25, -0.2) is 14.4 Å². The number of halogens is 1. The maximum atomic E-state index is 13.9. The predicted octanol–water partition coefficient (Wildman–Crippen LogP) is 7.59. The minimum atomic E-state index is -0.924. The van der Waals surface area contributed by atoms with Crippen LogP contribution in [0.25, 0.3) is 11.4 Å². The molecule has 4 heteroatoms. The highest BCUT2D eigenvalue weighted by atomic mass is 19.1. The van der Waals surface area contributed by atoms with Crippen LogP contribution in [0.1, 0.15) is 84.1 Å². The lowest BCUT2D eigenvalue weighted by Gasteiger charge is -2.14. The molecule has 0 bridgehead atoms. The summed E-state index contributed by atoms with van der Waals surface area (Å²) in [6.45, 7) is 6.51. The fourth-order valence-corrected chi connectivity index (χ4v) is 3.48. The molecule has 0 spiro atoms. The van der Waals surface area contributed by atoms with Crippen LogP contribution in [0, 0.1) is 5.92 Å². The number of hydrogen-bond acceptors (Lipinski definition) is 3. The number of aryl methyl sites for hydroxylation is 1. The van der Waals surface area contributed by atoms with E-state index in [1.165, 1.54) is 50.5 Å². The Morgan fingerprint density at radius 3 is 2.17 bits per heavy atom. The Morgan fingerprint density at radius 2 is 1.53 bits per heavy atom. The van der Waals surface area contributed by atoms with Crippen LogP contribution in [0.3, 0.4) is 0 Å². The minimum Gasteiger partial charge on any atom is -0.491 e. The molecule has 0 saturated carbocycles. The summed E-state index contributed by atoms with van der Waals surface area (Å²) in [5.41, 5.74) is 2.14. The molecule has 2 rings (SSSR count). The largest absolute Gasteiger partial charge is 0.491 e. The van der Waals surface area contributed by atoms with Crippen LogP contribution in [-0.2, 0) is 6.42 Å². The smallest absolute Gasteiger partial charge is 0.159 e. The third kappa shape index (κ3) is 9.23. The summed E-state index contributed by atoms with van der Waals surface area (Å²) >= 11 is 0. The SMILES string of the molecule is CCCCCCCCCc1cnc(-c2ccc(OCC(F)CC(C)CC)cc2)nc1. The average molecular weight is 415 g/mol. The van der Waals surface area contributed by atoms with E-state index >= 15 is 0 Å². The van der Waals surface area contributed by atoms with Gasteiger partial charge in [-0.2, -0.15) is 0 Å². The molecule has 1 heterocycles. The molecular formula is C26H39FN2O. The molecule has 0 aliphatic carbocycles. The van der Waals surface area contributed by atoms with Gasteiger partial charge in [0.05, 0.1) is 0 Å². The van der Waals surface area contributed by atoms with Gasteiger partial charge in [0.15, 0.2) is 5.82 Å². The van der Waals surface area contributed by atoms with Gasteiger partial charge in [0, 0.05) is 18.0 Å². The molecule has 1 aromatic carbocycles. The monoisotopic (exact) mass is 414 g/mol. The van der Waals surface area contributed by atoms with E-state index in [9.17, 15) is 4.39 Å². The quantitative estimate of drug-likeness (QED) is 0.282. The first-order valence-corrected chi connectivity index (χ1v) is 11.8. The average Bonchev–Trinajstić information content (AvgIpc) is 2.78. The van der Waals surface area contributed by atoms with Crippen molar-refractivity contribution in [2.45, 2.75) is 91.2 Å². The summed E-state index contributed by atoms with van der Waals surface area (Å²) in [6, 6.07) is 7.59. The molecule has 0 aliphatic heterocycles. The summed E-state index contributed by atoms with van der Waals surface area (Å²) in [6.07, 6.45) is 14.7. The molecule has 0 saturated heterocycles. The maximum Gasteiger partial charge on any atom is 0.159 e. The molecule has 1 aromatic heterocycles. The number of alkyl halides is 1. The van der Waals surface area contributed by atoms with Gasteiger partial charge < -0.3 is 4.74 Å². The Kier molecular flexibility index (Phi) is 11.4. The Bertz CT molecular complexity index is 687. The van der Waals surface area contributed by atoms with Gasteiger partial charge in [-0.1, -0.05) is 65.7 Å². The first kappa shape index (κ1) is 24.3. The van der Waals surface area contributed by atoms with E-state index in [0.717, 1.165) is 18.4 Å². The van der Waals surface area contributed by atoms with E-state index in [2.05, 4.69) is 30.7 Å². The molecular weight excluding hydrogens is 375 g/mol. The highest BCUT2D eigenvalue weighted by Crippen LogP contribution is 2.21. The van der Waals surface area contributed by atoms with Crippen LogP contribution in [0.2, 0.25) is 0 Å². The van der Waals surface area contributed by atoms with Gasteiger partial charge in [-0.05, 0) is 55.0 Å². The van der Waals surface area contributed by atoms with Crippen molar-refractivity contribution in [1.29, 1.82) is 0 Å². The fraction of sp³-hybridized carbons (Fsp3) is 0.615. The van der Waals surface area contributed by atoms with Crippen LogP contribution in [0.15, 0.2) is 36.7 Å². The van der Waals surface area contributed by atoms with Crippen molar-refractivity contribution in [3.63, 3.8) is 0 Å². The molecule has 2 aromatic rings. The second-order valence-corrected chi connectivity index (χ2v) is 8.47. The standard InChI is InChI=1S/C26H39FN2O/c1-4-6-7-8-9-10-11-12-22-18-28-26(29-19-22)23-13-15-25(16-14-23)30-20-24(27)17-21(3)5-2/h13-16,18-19,21,24H,4-12,17,20H2,1-3H3. The van der Waals surface area contributed by atoms with Crippen LogP contribution < -0.4 is 4.74 Å². The summed E-state index contributed by atoms with van der Waals surface area (Å²) in [4.78, 5) is 9.04. The van der Waals surface area contributed by atoms with E-state index in [-0.39, 0.29) is 6.61 Å². The molecule has 3 nitrogen and oxygen atoms in total. The number of benzene rings is 1. The zero-order valence-corrected chi connectivity index (χ0v) is 19.1. The fourth-order valence-electron chi connectivity index (χ4n) is 3.48. The molecule has 0 N–H and O–H groups in total. The van der Waals surface area contributed by atoms with E-state index in [1.807, 2.05) is 36.7 Å². The maximum absolute atomic E-state index is 13.9. The Balaban J connectivity index is 1.74. The lowest BCUT2D eigenvalue weighted by Crippen LogP contribution is -2.15. The lowest BCUT2D eigenvalue weighted by molar-refractivity contribution is 0.170. The van der Waals surface area contributed by atoms with Gasteiger partial charge in [0.25, 0.3) is 0 Å². The first-order valence-electron chi connectivity index (χ1n) is 11.8. The number of unbranched alkanes of at least 4 members (excludes halogenated alkanes) is 6. The summed E-state index contributed by atoms with van der Waals surface area (Å²) < 4.78 is 19.5. The van der Waals surface area contributed by atoms with E-state index in [1.54, 1.807) is 0 Å². The molecule has 2 unspecified atom stereocenters. The topological polar surface area (TPSA) is 35.0 Å². The van der Waals surface area contributed by atoms with Crippen LogP contribution in [-0.4, -0.2) is 22.7 Å². The number of aromatic nitrogens is 2. The predicted molar refractivity (Wildman–Crippen MR) is 124 cm³/mol. The van der Waals surface area contributed by atoms with Gasteiger partial charge >= 0.3 is 0 Å². The highest BCUT2D eigenvalue weighted by molar-refractivity contribution is 5.55. The van der Waals surface area contributed by atoms with Crippen molar-refractivity contribution in [3.05, 3.63) is 42.2 Å². The van der Waals surface area contributed by atoms with Crippen LogP contribution >= 0.6 is 0 Å². The Hall–Kier alpha value is -1.97.